The number of thiazole rings is 1. The van der Waals surface area contributed by atoms with Gasteiger partial charge in [0.1, 0.15) is 5.52 Å². The van der Waals surface area contributed by atoms with Crippen LogP contribution in [0.1, 0.15) is 21.1 Å². The number of carbonyl (C=O) groups is 1. The van der Waals surface area contributed by atoms with E-state index >= 15 is 0 Å². The number of rotatable bonds is 1. The van der Waals surface area contributed by atoms with Gasteiger partial charge in [0.15, 0.2) is 5.01 Å². The summed E-state index contributed by atoms with van der Waals surface area (Å²) < 4.78 is 0.989. The molecule has 0 saturated carbocycles. The first-order valence-corrected chi connectivity index (χ1v) is 7.14. The Bertz CT molecular complexity index is 760. The maximum absolute atomic E-state index is 12.5. The Hall–Kier alpha value is -2.28. The van der Waals surface area contributed by atoms with Crippen LogP contribution in [0, 0.1) is 0 Å². The number of nitrogens with one attached hydrogen (secondary N) is 1. The first-order valence-electron chi connectivity index (χ1n) is 6.32. The zero-order valence-electron chi connectivity index (χ0n) is 10.5. The van der Waals surface area contributed by atoms with Gasteiger partial charge in [-0.3, -0.25) is 14.9 Å². The van der Waals surface area contributed by atoms with Crippen LogP contribution in [0.25, 0.3) is 10.2 Å². The predicted molar refractivity (Wildman–Crippen MR) is 74.4 cm³/mol. The minimum atomic E-state index is -0.0218. The van der Waals surface area contributed by atoms with Crippen LogP contribution < -0.4 is 0 Å². The number of hydrogen-bond donors (Lipinski definition) is 1. The van der Waals surface area contributed by atoms with Gasteiger partial charge in [0, 0.05) is 12.7 Å². The van der Waals surface area contributed by atoms with Gasteiger partial charge in [-0.15, -0.1) is 11.3 Å². The molecule has 0 fully saturated rings. The fraction of sp³-hybridized carbons (Fsp3) is 0.231. The number of aromatic nitrogens is 4. The van der Waals surface area contributed by atoms with E-state index in [2.05, 4.69) is 20.2 Å². The Labute approximate surface area is 118 Å². The fourth-order valence-corrected chi connectivity index (χ4v) is 3.30. The predicted octanol–water partition coefficient (Wildman–Crippen LogP) is 1.61. The monoisotopic (exact) mass is 285 g/mol. The molecule has 7 heteroatoms. The molecular weight excluding hydrogens is 274 g/mol. The highest BCUT2D eigenvalue weighted by molar-refractivity contribution is 7.20. The van der Waals surface area contributed by atoms with E-state index in [4.69, 9.17) is 0 Å². The van der Waals surface area contributed by atoms with E-state index < -0.39 is 0 Å². The lowest BCUT2D eigenvalue weighted by Gasteiger charge is -2.25. The van der Waals surface area contributed by atoms with Crippen molar-refractivity contribution in [2.75, 3.05) is 6.54 Å². The number of amides is 1. The van der Waals surface area contributed by atoms with E-state index in [1.807, 2.05) is 17.2 Å². The number of carbonyl (C=O) groups excluding carboxylic acids is 1. The minimum Gasteiger partial charge on any atom is -0.330 e. The summed E-state index contributed by atoms with van der Waals surface area (Å²) in [5.41, 5.74) is 3.00. The molecule has 0 atom stereocenters. The number of hydrogen-bond acceptors (Lipinski definition) is 5. The molecule has 0 aromatic carbocycles. The molecule has 0 spiro atoms. The summed E-state index contributed by atoms with van der Waals surface area (Å²) in [6, 6.07) is 1.88. The van der Waals surface area contributed by atoms with Crippen molar-refractivity contribution in [2.24, 2.45) is 0 Å². The molecule has 100 valence electrons. The average Bonchev–Trinajstić information content (AvgIpc) is 3.11. The quantitative estimate of drug-likeness (QED) is 0.737. The lowest BCUT2D eigenvalue weighted by Crippen LogP contribution is -2.35. The number of fused-ring (bicyclic) bond motifs is 2. The molecule has 1 aliphatic rings. The first-order chi connectivity index (χ1) is 9.81. The fourth-order valence-electron chi connectivity index (χ4n) is 2.40. The van der Waals surface area contributed by atoms with Crippen LogP contribution in [0.4, 0.5) is 0 Å². The molecule has 0 bridgehead atoms. The van der Waals surface area contributed by atoms with Crippen LogP contribution in [0.3, 0.4) is 0 Å². The highest BCUT2D eigenvalue weighted by Crippen LogP contribution is 2.24. The van der Waals surface area contributed by atoms with Crippen LogP contribution in [0.15, 0.2) is 24.7 Å². The second-order valence-electron chi connectivity index (χ2n) is 4.71. The van der Waals surface area contributed by atoms with Crippen LogP contribution in [0.5, 0.6) is 0 Å². The molecule has 4 heterocycles. The second kappa shape index (κ2) is 4.38. The van der Waals surface area contributed by atoms with E-state index in [9.17, 15) is 4.79 Å². The molecule has 1 amide bonds. The number of H-pyrrole nitrogens is 1. The molecule has 20 heavy (non-hydrogen) atoms. The molecule has 3 aromatic rings. The minimum absolute atomic E-state index is 0.0218. The number of pyridine rings is 1. The first kappa shape index (κ1) is 11.5. The maximum atomic E-state index is 12.5. The molecule has 4 rings (SSSR count). The van der Waals surface area contributed by atoms with Crippen molar-refractivity contribution in [3.63, 3.8) is 0 Å². The summed E-state index contributed by atoms with van der Waals surface area (Å²) >= 11 is 1.41. The Morgan fingerprint density at radius 3 is 3.25 bits per heavy atom. The van der Waals surface area contributed by atoms with E-state index in [1.54, 1.807) is 12.4 Å². The molecule has 0 saturated heterocycles. The second-order valence-corrected chi connectivity index (χ2v) is 5.74. The number of nitrogens with zero attached hydrogens (tertiary/aromatic N) is 4. The number of aromatic amines is 1. The summed E-state index contributed by atoms with van der Waals surface area (Å²) in [5, 5.41) is 7.49. The highest BCUT2D eigenvalue weighted by atomic mass is 32.1. The molecule has 1 N–H and O–H groups in total. The molecule has 0 aliphatic carbocycles. The van der Waals surface area contributed by atoms with Crippen LogP contribution in [-0.4, -0.2) is 37.5 Å². The van der Waals surface area contributed by atoms with Gasteiger partial charge in [-0.25, -0.2) is 4.98 Å². The van der Waals surface area contributed by atoms with Gasteiger partial charge in [-0.05, 0) is 18.1 Å². The SMILES string of the molecule is O=C(c1nc2cnccc2s1)N1CCc2cn[nH]c2C1. The van der Waals surface area contributed by atoms with Crippen molar-refractivity contribution in [1.82, 2.24) is 25.1 Å². The lowest BCUT2D eigenvalue weighted by atomic mass is 10.1. The summed E-state index contributed by atoms with van der Waals surface area (Å²) in [5.74, 6) is -0.0218. The van der Waals surface area contributed by atoms with E-state index in [1.165, 1.54) is 16.9 Å². The van der Waals surface area contributed by atoms with Crippen LogP contribution in [-0.2, 0) is 13.0 Å². The van der Waals surface area contributed by atoms with Gasteiger partial charge in [0.25, 0.3) is 5.91 Å². The van der Waals surface area contributed by atoms with E-state index in [0.29, 0.717) is 18.1 Å². The van der Waals surface area contributed by atoms with Gasteiger partial charge in [-0.2, -0.15) is 5.10 Å². The van der Waals surface area contributed by atoms with Crippen molar-refractivity contribution in [3.05, 3.63) is 40.9 Å². The van der Waals surface area contributed by atoms with Crippen LogP contribution in [0.2, 0.25) is 0 Å². The van der Waals surface area contributed by atoms with E-state index in [-0.39, 0.29) is 5.91 Å². The lowest BCUT2D eigenvalue weighted by molar-refractivity contribution is 0.0732. The molecular formula is C13H11N5OS. The molecule has 0 radical (unpaired) electrons. The van der Waals surface area contributed by atoms with Crippen molar-refractivity contribution >= 4 is 27.5 Å². The van der Waals surface area contributed by atoms with Crippen molar-refractivity contribution in [1.29, 1.82) is 0 Å². The Morgan fingerprint density at radius 1 is 1.40 bits per heavy atom. The third kappa shape index (κ3) is 1.78. The van der Waals surface area contributed by atoms with Crippen molar-refractivity contribution in [2.45, 2.75) is 13.0 Å². The van der Waals surface area contributed by atoms with Gasteiger partial charge in [-0.1, -0.05) is 0 Å². The summed E-state index contributed by atoms with van der Waals surface area (Å²) in [4.78, 5) is 22.7. The molecule has 0 unspecified atom stereocenters. The molecule has 6 nitrogen and oxygen atoms in total. The zero-order chi connectivity index (χ0) is 13.5. The standard InChI is InChI=1S/C13H11N5OS/c19-13(12-16-9-6-14-3-1-11(9)20-12)18-4-2-8-5-15-17-10(8)7-18/h1,3,5-6H,2,4,7H2,(H,15,17). The smallest absolute Gasteiger partial charge is 0.283 e. The normalized spacial score (nSPS) is 14.5. The van der Waals surface area contributed by atoms with Crippen molar-refractivity contribution < 1.29 is 4.79 Å². The van der Waals surface area contributed by atoms with Gasteiger partial charge >= 0.3 is 0 Å². The van der Waals surface area contributed by atoms with E-state index in [0.717, 1.165) is 22.3 Å². The molecule has 3 aromatic heterocycles. The summed E-state index contributed by atoms with van der Waals surface area (Å²) in [6.07, 6.45) is 6.07. The van der Waals surface area contributed by atoms with Gasteiger partial charge in [0.2, 0.25) is 0 Å². The largest absolute Gasteiger partial charge is 0.330 e. The third-order valence-electron chi connectivity index (χ3n) is 3.47. The van der Waals surface area contributed by atoms with Gasteiger partial charge in [0.05, 0.1) is 29.3 Å². The Balaban J connectivity index is 1.64. The Kier molecular flexibility index (Phi) is 2.53. The molecule has 1 aliphatic heterocycles. The zero-order valence-corrected chi connectivity index (χ0v) is 11.4. The average molecular weight is 285 g/mol. The third-order valence-corrected chi connectivity index (χ3v) is 4.49. The summed E-state index contributed by atoms with van der Waals surface area (Å²) in [7, 11) is 0. The topological polar surface area (TPSA) is 74.8 Å². The highest BCUT2D eigenvalue weighted by Gasteiger charge is 2.25. The van der Waals surface area contributed by atoms with Gasteiger partial charge < -0.3 is 4.90 Å². The maximum Gasteiger partial charge on any atom is 0.283 e. The Morgan fingerprint density at radius 2 is 2.35 bits per heavy atom. The van der Waals surface area contributed by atoms with Crippen molar-refractivity contribution in [3.8, 4) is 0 Å². The summed E-state index contributed by atoms with van der Waals surface area (Å²) in [6.45, 7) is 1.28. The van der Waals surface area contributed by atoms with Crippen LogP contribution >= 0.6 is 11.3 Å².